The third-order valence-electron chi connectivity index (χ3n) is 5.38. The van der Waals surface area contributed by atoms with Crippen LogP contribution in [-0.2, 0) is 4.74 Å². The first-order valence-electron chi connectivity index (χ1n) is 9.60. The zero-order valence-corrected chi connectivity index (χ0v) is 16.5. The van der Waals surface area contributed by atoms with Gasteiger partial charge in [0.15, 0.2) is 17.5 Å². The molecule has 4 rings (SSSR count). The second-order valence-corrected chi connectivity index (χ2v) is 7.18. The standard InChI is InChI=1S/C21H20F3N3O3/c1-3-30-21(29)13-12-6-4-5-7-27(12)18-14(20(13)28)15(22)16(23)19(17(18)24)26-10-8-25(2)9-11-26/h4-7H,3,8-11H2,1-2H3. The Morgan fingerprint density at radius 2 is 1.77 bits per heavy atom. The van der Waals surface area contributed by atoms with Crippen molar-refractivity contribution >= 4 is 28.1 Å². The number of piperazine rings is 1. The number of likely N-dealkylation sites (N-methyl/N-ethyl adjacent to an activating group) is 1. The number of benzene rings is 1. The molecular weight excluding hydrogens is 399 g/mol. The van der Waals surface area contributed by atoms with E-state index >= 15 is 13.2 Å². The van der Waals surface area contributed by atoms with Gasteiger partial charge in [-0.1, -0.05) is 6.07 Å². The van der Waals surface area contributed by atoms with Gasteiger partial charge >= 0.3 is 5.97 Å². The van der Waals surface area contributed by atoms with Crippen LogP contribution in [-0.4, -0.2) is 55.1 Å². The topological polar surface area (TPSA) is 54.3 Å². The third kappa shape index (κ3) is 3.00. The maximum Gasteiger partial charge on any atom is 0.344 e. The number of fused-ring (bicyclic) bond motifs is 3. The Hall–Kier alpha value is -3.07. The third-order valence-corrected chi connectivity index (χ3v) is 5.38. The largest absolute Gasteiger partial charge is 0.462 e. The van der Waals surface area contributed by atoms with Gasteiger partial charge in [-0.25, -0.2) is 18.0 Å². The van der Waals surface area contributed by atoms with Crippen LogP contribution in [0.5, 0.6) is 0 Å². The maximum absolute atomic E-state index is 15.6. The summed E-state index contributed by atoms with van der Waals surface area (Å²) < 4.78 is 51.9. The average Bonchev–Trinajstić information content (AvgIpc) is 2.73. The molecule has 3 heterocycles. The number of carbonyl (C=O) groups excluding carboxylic acids is 1. The fourth-order valence-corrected chi connectivity index (χ4v) is 3.86. The van der Waals surface area contributed by atoms with Crippen LogP contribution in [0.3, 0.4) is 0 Å². The first kappa shape index (κ1) is 20.2. The Labute approximate surface area is 170 Å². The van der Waals surface area contributed by atoms with Crippen LogP contribution in [0.25, 0.3) is 16.4 Å². The maximum atomic E-state index is 15.6. The molecule has 0 bridgehead atoms. The van der Waals surface area contributed by atoms with E-state index in [-0.39, 0.29) is 12.1 Å². The van der Waals surface area contributed by atoms with Gasteiger partial charge in [-0.2, -0.15) is 0 Å². The molecule has 0 amide bonds. The monoisotopic (exact) mass is 419 g/mol. The van der Waals surface area contributed by atoms with Crippen molar-refractivity contribution in [3.05, 3.63) is 57.6 Å². The SMILES string of the molecule is CCOC(=O)c1c(=O)c2c(F)c(F)c(N3CCN(C)CC3)c(F)c2n2ccccc12. The molecule has 0 saturated carbocycles. The van der Waals surface area contributed by atoms with Gasteiger partial charge in [0.05, 0.1) is 23.0 Å². The van der Waals surface area contributed by atoms with Gasteiger partial charge in [0.2, 0.25) is 5.43 Å². The number of hydrogen-bond acceptors (Lipinski definition) is 5. The van der Waals surface area contributed by atoms with Crippen LogP contribution in [0.4, 0.5) is 18.9 Å². The van der Waals surface area contributed by atoms with Crippen molar-refractivity contribution in [2.75, 3.05) is 44.7 Å². The Balaban J connectivity index is 2.11. The van der Waals surface area contributed by atoms with E-state index < -0.39 is 51.0 Å². The Morgan fingerprint density at radius 3 is 2.43 bits per heavy atom. The predicted molar refractivity (Wildman–Crippen MR) is 107 cm³/mol. The molecule has 1 aliphatic heterocycles. The first-order valence-corrected chi connectivity index (χ1v) is 9.60. The number of nitrogens with zero attached hydrogens (tertiary/aromatic N) is 3. The van der Waals surface area contributed by atoms with E-state index in [9.17, 15) is 9.59 Å². The lowest BCUT2D eigenvalue weighted by Crippen LogP contribution is -2.45. The summed E-state index contributed by atoms with van der Waals surface area (Å²) in [5.74, 6) is -4.93. The van der Waals surface area contributed by atoms with Crippen molar-refractivity contribution in [3.63, 3.8) is 0 Å². The highest BCUT2D eigenvalue weighted by atomic mass is 19.2. The number of rotatable bonds is 3. The summed E-state index contributed by atoms with van der Waals surface area (Å²) in [5, 5.41) is -0.811. The Bertz CT molecular complexity index is 1220. The molecule has 1 aliphatic rings. The normalized spacial score (nSPS) is 15.2. The zero-order valence-electron chi connectivity index (χ0n) is 16.5. The first-order chi connectivity index (χ1) is 14.4. The number of halogens is 3. The molecule has 0 radical (unpaired) electrons. The summed E-state index contributed by atoms with van der Waals surface area (Å²) in [7, 11) is 1.88. The fourth-order valence-electron chi connectivity index (χ4n) is 3.86. The molecule has 0 aliphatic carbocycles. The minimum Gasteiger partial charge on any atom is -0.462 e. The van der Waals surface area contributed by atoms with Gasteiger partial charge in [0.25, 0.3) is 0 Å². The highest BCUT2D eigenvalue weighted by molar-refractivity contribution is 6.02. The van der Waals surface area contributed by atoms with E-state index in [1.54, 1.807) is 19.1 Å². The van der Waals surface area contributed by atoms with Gasteiger partial charge in [0, 0.05) is 32.4 Å². The molecule has 1 aromatic carbocycles. The molecule has 0 N–H and O–H groups in total. The van der Waals surface area contributed by atoms with E-state index in [2.05, 4.69) is 0 Å². The molecule has 0 unspecified atom stereocenters. The molecule has 158 valence electrons. The number of hydrogen-bond donors (Lipinski definition) is 0. The summed E-state index contributed by atoms with van der Waals surface area (Å²) in [6, 6.07) is 4.54. The van der Waals surface area contributed by atoms with Gasteiger partial charge < -0.3 is 18.9 Å². The lowest BCUT2D eigenvalue weighted by Gasteiger charge is -2.34. The summed E-state index contributed by atoms with van der Waals surface area (Å²) in [6.45, 7) is 3.28. The van der Waals surface area contributed by atoms with Crippen molar-refractivity contribution in [3.8, 4) is 0 Å². The van der Waals surface area contributed by atoms with E-state index in [0.717, 1.165) is 0 Å². The Morgan fingerprint density at radius 1 is 1.07 bits per heavy atom. The number of pyridine rings is 2. The summed E-state index contributed by atoms with van der Waals surface area (Å²) >= 11 is 0. The van der Waals surface area contributed by atoms with E-state index in [0.29, 0.717) is 26.2 Å². The summed E-state index contributed by atoms with van der Waals surface area (Å²) in [6.07, 6.45) is 1.40. The van der Waals surface area contributed by atoms with Crippen molar-refractivity contribution in [2.45, 2.75) is 6.92 Å². The van der Waals surface area contributed by atoms with Crippen LogP contribution in [0, 0.1) is 17.5 Å². The van der Waals surface area contributed by atoms with Gasteiger partial charge in [-0.3, -0.25) is 4.79 Å². The van der Waals surface area contributed by atoms with Crippen LogP contribution in [0.1, 0.15) is 17.3 Å². The molecule has 9 heteroatoms. The number of ether oxygens (including phenoxy) is 1. The van der Waals surface area contributed by atoms with E-state index in [4.69, 9.17) is 4.74 Å². The molecule has 3 aromatic rings. The van der Waals surface area contributed by atoms with Crippen LogP contribution in [0.2, 0.25) is 0 Å². The fraction of sp³-hybridized carbons (Fsp3) is 0.333. The molecule has 0 spiro atoms. The number of aromatic nitrogens is 1. The van der Waals surface area contributed by atoms with Crippen molar-refractivity contribution < 1.29 is 22.7 Å². The second-order valence-electron chi connectivity index (χ2n) is 7.18. The lowest BCUT2D eigenvalue weighted by atomic mass is 10.1. The summed E-state index contributed by atoms with van der Waals surface area (Å²) in [5.41, 5.74) is -2.42. The van der Waals surface area contributed by atoms with Crippen LogP contribution < -0.4 is 10.3 Å². The molecule has 6 nitrogen and oxygen atoms in total. The quantitative estimate of drug-likeness (QED) is 0.371. The molecule has 2 aromatic heterocycles. The van der Waals surface area contributed by atoms with Gasteiger partial charge in [-0.05, 0) is 26.1 Å². The average molecular weight is 419 g/mol. The van der Waals surface area contributed by atoms with Gasteiger partial charge in [0.1, 0.15) is 11.3 Å². The smallest absolute Gasteiger partial charge is 0.344 e. The Kier molecular flexibility index (Phi) is 5.15. The second kappa shape index (κ2) is 7.64. The van der Waals surface area contributed by atoms with Crippen LogP contribution >= 0.6 is 0 Å². The molecular formula is C21H20F3N3O3. The predicted octanol–water partition coefficient (Wildman–Crippen LogP) is 2.80. The minimum absolute atomic E-state index is 0.0111. The molecule has 1 fully saturated rings. The van der Waals surface area contributed by atoms with Crippen LogP contribution in [0.15, 0.2) is 29.2 Å². The molecule has 30 heavy (non-hydrogen) atoms. The minimum atomic E-state index is -1.48. The number of carbonyl (C=O) groups is 1. The highest BCUT2D eigenvalue weighted by Crippen LogP contribution is 2.34. The zero-order chi connectivity index (χ0) is 21.6. The molecule has 1 saturated heterocycles. The number of anilines is 1. The van der Waals surface area contributed by atoms with Crippen molar-refractivity contribution in [2.24, 2.45) is 0 Å². The summed E-state index contributed by atoms with van der Waals surface area (Å²) in [4.78, 5) is 28.8. The molecule has 0 atom stereocenters. The van der Waals surface area contributed by atoms with Crippen molar-refractivity contribution in [1.82, 2.24) is 9.30 Å². The van der Waals surface area contributed by atoms with Gasteiger partial charge in [-0.15, -0.1) is 0 Å². The number of esters is 1. The highest BCUT2D eigenvalue weighted by Gasteiger charge is 2.31. The lowest BCUT2D eigenvalue weighted by molar-refractivity contribution is 0.0527. The van der Waals surface area contributed by atoms with E-state index in [1.807, 2.05) is 11.9 Å². The van der Waals surface area contributed by atoms with E-state index in [1.165, 1.54) is 21.6 Å². The van der Waals surface area contributed by atoms with Crippen molar-refractivity contribution in [1.29, 1.82) is 0 Å².